The van der Waals surface area contributed by atoms with Crippen LogP contribution in [0.4, 0.5) is 5.69 Å². The van der Waals surface area contributed by atoms with Crippen LogP contribution >= 0.6 is 0 Å². The lowest BCUT2D eigenvalue weighted by Gasteiger charge is -2.36. The number of aliphatic carboxylic acids is 1. The first-order chi connectivity index (χ1) is 21.9. The van der Waals surface area contributed by atoms with Crippen LogP contribution in [0.5, 0.6) is 5.75 Å². The van der Waals surface area contributed by atoms with Gasteiger partial charge in [-0.1, -0.05) is 43.3 Å². The Labute approximate surface area is 259 Å². The normalized spacial score (nSPS) is 15.3. The van der Waals surface area contributed by atoms with Gasteiger partial charge in [-0.15, -0.1) is 5.10 Å². The lowest BCUT2D eigenvalue weighted by Crippen LogP contribution is -2.51. The van der Waals surface area contributed by atoms with Gasteiger partial charge in [-0.3, -0.25) is 14.4 Å². The number of hydrogen-bond acceptors (Lipinski definition) is 9. The summed E-state index contributed by atoms with van der Waals surface area (Å²) < 4.78 is 8.86. The predicted octanol–water partition coefficient (Wildman–Crippen LogP) is 3.14. The molecule has 1 amide bonds. The zero-order valence-corrected chi connectivity index (χ0v) is 25.5. The molecule has 1 aromatic carbocycles. The number of piperazine rings is 1. The molecule has 1 fully saturated rings. The zero-order valence-electron chi connectivity index (χ0n) is 25.5. The summed E-state index contributed by atoms with van der Waals surface area (Å²) >= 11 is 0. The molecular formula is C32H36N8O5. The van der Waals surface area contributed by atoms with Gasteiger partial charge >= 0.3 is 5.97 Å². The molecule has 13 nitrogen and oxygen atoms in total. The molecule has 0 radical (unpaired) electrons. The fourth-order valence-corrected chi connectivity index (χ4v) is 6.04. The zero-order chi connectivity index (χ0) is 31.5. The second-order valence-electron chi connectivity index (χ2n) is 11.2. The number of aryl methyl sites for hydroxylation is 1. The molecule has 13 heteroatoms. The molecule has 234 valence electrons. The van der Waals surface area contributed by atoms with Gasteiger partial charge in [0, 0.05) is 26.2 Å². The van der Waals surface area contributed by atoms with E-state index >= 15 is 0 Å². The van der Waals surface area contributed by atoms with Crippen molar-refractivity contribution < 1.29 is 19.4 Å². The van der Waals surface area contributed by atoms with E-state index in [4.69, 9.17) is 4.74 Å². The van der Waals surface area contributed by atoms with Gasteiger partial charge in [-0.2, -0.15) is 9.50 Å². The summed E-state index contributed by atoms with van der Waals surface area (Å²) in [5.74, 6) is -0.284. The summed E-state index contributed by atoms with van der Waals surface area (Å²) in [6.45, 7) is 4.98. The molecule has 1 aliphatic heterocycles. The van der Waals surface area contributed by atoms with Crippen molar-refractivity contribution in [2.75, 3.05) is 31.1 Å². The first-order valence-corrected chi connectivity index (χ1v) is 15.3. The number of ether oxygens (including phenoxy) is 1. The van der Waals surface area contributed by atoms with Gasteiger partial charge in [0.1, 0.15) is 25.2 Å². The molecular weight excluding hydrogens is 576 g/mol. The largest absolute Gasteiger partial charge is 0.485 e. The van der Waals surface area contributed by atoms with E-state index in [9.17, 15) is 19.5 Å². The molecule has 4 aromatic rings. The lowest BCUT2D eigenvalue weighted by molar-refractivity contribution is -0.137. The number of nitrogens with zero attached hydrogens (tertiary/aromatic N) is 8. The number of aromatic nitrogens is 6. The van der Waals surface area contributed by atoms with Crippen LogP contribution < -0.4 is 15.2 Å². The molecule has 3 aromatic heterocycles. The summed E-state index contributed by atoms with van der Waals surface area (Å²) in [7, 11) is 0. The Morgan fingerprint density at radius 2 is 1.82 bits per heavy atom. The standard InChI is InChI=1S/C32H36N8O5/c1-3-24-27(31(44)40-32(39(24)18-25(41)42)35-29(36-40)23-12-8-5-9-13-23)37-14-16-38(17-15-37)30(43)26-28(21(2)33-20-34-26)45-19-22-10-6-4-7-11-22/h4,6-7,10-12,20H,3,5,8-9,13-19H2,1-2H3,(H,41,42). The van der Waals surface area contributed by atoms with Crippen molar-refractivity contribution in [1.82, 2.24) is 34.0 Å². The third kappa shape index (κ3) is 6.02. The maximum atomic E-state index is 14.0. The number of allylic oxidation sites excluding steroid dienone is 2. The van der Waals surface area contributed by atoms with Crippen molar-refractivity contribution in [3.63, 3.8) is 0 Å². The second-order valence-corrected chi connectivity index (χ2v) is 11.2. The number of carbonyl (C=O) groups is 2. The van der Waals surface area contributed by atoms with E-state index in [-0.39, 0.29) is 36.1 Å². The van der Waals surface area contributed by atoms with Crippen molar-refractivity contribution in [3.8, 4) is 5.75 Å². The van der Waals surface area contributed by atoms with Crippen LogP contribution in [0.15, 0.2) is 47.5 Å². The highest BCUT2D eigenvalue weighted by atomic mass is 16.5. The Morgan fingerprint density at radius 3 is 2.51 bits per heavy atom. The highest BCUT2D eigenvalue weighted by Gasteiger charge is 2.31. The number of benzene rings is 1. The van der Waals surface area contributed by atoms with Crippen molar-refractivity contribution in [3.05, 3.63) is 81.6 Å². The Morgan fingerprint density at radius 1 is 1.04 bits per heavy atom. The first-order valence-electron chi connectivity index (χ1n) is 15.3. The summed E-state index contributed by atoms with van der Waals surface area (Å²) in [5, 5.41) is 14.3. The highest BCUT2D eigenvalue weighted by Crippen LogP contribution is 2.27. The molecule has 45 heavy (non-hydrogen) atoms. The van der Waals surface area contributed by atoms with Crippen LogP contribution in [0.25, 0.3) is 11.4 Å². The Balaban J connectivity index is 1.27. The van der Waals surface area contributed by atoms with Crippen molar-refractivity contribution >= 4 is 28.9 Å². The first kappa shape index (κ1) is 30.0. The minimum atomic E-state index is -1.04. The van der Waals surface area contributed by atoms with Gasteiger partial charge in [-0.05, 0) is 50.2 Å². The molecule has 1 aliphatic carbocycles. The van der Waals surface area contributed by atoms with Crippen LogP contribution in [0.1, 0.15) is 65.9 Å². The number of carboxylic acid groups (broad SMARTS) is 1. The topological polar surface area (TPSA) is 148 Å². The van der Waals surface area contributed by atoms with Gasteiger partial charge in [-0.25, -0.2) is 9.97 Å². The second kappa shape index (κ2) is 12.9. The van der Waals surface area contributed by atoms with Crippen LogP contribution in [-0.4, -0.2) is 77.2 Å². The summed E-state index contributed by atoms with van der Waals surface area (Å²) in [5.41, 5.74) is 3.32. The van der Waals surface area contributed by atoms with Crippen LogP contribution in [0, 0.1) is 6.92 Å². The van der Waals surface area contributed by atoms with E-state index in [0.717, 1.165) is 36.8 Å². The molecule has 6 rings (SSSR count). The fraction of sp³-hybridized carbons (Fsp3) is 0.406. The monoisotopic (exact) mass is 612 g/mol. The van der Waals surface area contributed by atoms with Crippen molar-refractivity contribution in [2.24, 2.45) is 0 Å². The van der Waals surface area contributed by atoms with E-state index in [2.05, 4.69) is 26.1 Å². The molecule has 0 saturated carbocycles. The number of rotatable bonds is 9. The molecule has 1 N–H and O–H groups in total. The van der Waals surface area contributed by atoms with Gasteiger partial charge in [0.2, 0.25) is 5.78 Å². The van der Waals surface area contributed by atoms with E-state index in [1.165, 1.54) is 10.8 Å². The molecule has 0 unspecified atom stereocenters. The van der Waals surface area contributed by atoms with Crippen LogP contribution in [0.3, 0.4) is 0 Å². The van der Waals surface area contributed by atoms with Gasteiger partial charge < -0.3 is 24.2 Å². The van der Waals surface area contributed by atoms with Crippen molar-refractivity contribution in [2.45, 2.75) is 59.1 Å². The molecule has 1 saturated heterocycles. The average Bonchev–Trinajstić information content (AvgIpc) is 3.52. The number of amides is 1. The quantitative estimate of drug-likeness (QED) is 0.299. The van der Waals surface area contributed by atoms with Gasteiger partial charge in [0.15, 0.2) is 17.3 Å². The molecule has 4 heterocycles. The maximum Gasteiger partial charge on any atom is 0.323 e. The molecule has 0 spiro atoms. The summed E-state index contributed by atoms with van der Waals surface area (Å²) in [6, 6.07) is 9.66. The fourth-order valence-electron chi connectivity index (χ4n) is 6.04. The molecule has 0 bridgehead atoms. The maximum absolute atomic E-state index is 14.0. The summed E-state index contributed by atoms with van der Waals surface area (Å²) in [6.07, 6.45) is 7.73. The van der Waals surface area contributed by atoms with Gasteiger partial charge in [0.25, 0.3) is 11.5 Å². The van der Waals surface area contributed by atoms with Crippen molar-refractivity contribution in [1.29, 1.82) is 0 Å². The number of fused-ring (bicyclic) bond motifs is 1. The third-order valence-corrected chi connectivity index (χ3v) is 8.33. The van der Waals surface area contributed by atoms with E-state index in [1.807, 2.05) is 42.2 Å². The number of carboxylic acids is 1. The number of anilines is 1. The SMILES string of the molecule is CCc1c(N2CCN(C(=O)c3ncnc(C)c3OCc3ccccc3)CC2)c(=O)n2nc(C3=CCCCC3)nc2n1CC(=O)O. The smallest absolute Gasteiger partial charge is 0.323 e. The van der Waals surface area contributed by atoms with E-state index in [0.29, 0.717) is 61.2 Å². The van der Waals surface area contributed by atoms with E-state index < -0.39 is 5.97 Å². The van der Waals surface area contributed by atoms with E-state index in [1.54, 1.807) is 16.4 Å². The van der Waals surface area contributed by atoms with Crippen LogP contribution in [-0.2, 0) is 24.4 Å². The number of hydrogen-bond donors (Lipinski definition) is 1. The predicted molar refractivity (Wildman–Crippen MR) is 166 cm³/mol. The average molecular weight is 613 g/mol. The summed E-state index contributed by atoms with van der Waals surface area (Å²) in [4.78, 5) is 56.4. The Bertz CT molecular complexity index is 1820. The Hall–Kier alpha value is -5.07. The van der Waals surface area contributed by atoms with Gasteiger partial charge in [0.05, 0.1) is 11.4 Å². The Kier molecular flexibility index (Phi) is 8.58. The number of carbonyl (C=O) groups excluding carboxylic acids is 1. The minimum absolute atomic E-state index is 0.193. The third-order valence-electron chi connectivity index (χ3n) is 8.33. The lowest BCUT2D eigenvalue weighted by atomic mass is 9.99. The van der Waals surface area contributed by atoms with Crippen LogP contribution in [0.2, 0.25) is 0 Å². The molecule has 2 aliphatic rings. The molecule has 0 atom stereocenters. The minimum Gasteiger partial charge on any atom is -0.485 e. The highest BCUT2D eigenvalue weighted by molar-refractivity contribution is 5.95.